The van der Waals surface area contributed by atoms with Gasteiger partial charge in [0.25, 0.3) is 5.78 Å². The topological polar surface area (TPSA) is 43.4 Å². The van der Waals surface area contributed by atoms with Crippen LogP contribution in [0.5, 0.6) is 0 Å². The van der Waals surface area contributed by atoms with Crippen molar-refractivity contribution in [3.8, 4) is 11.8 Å². The van der Waals surface area contributed by atoms with E-state index in [4.69, 9.17) is 4.74 Å². The normalized spacial score (nSPS) is 8.81. The second kappa shape index (κ2) is 6.41. The molecule has 0 heterocycles. The Morgan fingerprint density at radius 2 is 1.88 bits per heavy atom. The Balaban J connectivity index is 2.52. The number of rotatable bonds is 3. The SMILES string of the molecule is CCC#CCOC(=O)C(=O)c1ccccc1. The third-order valence-corrected chi connectivity index (χ3v) is 1.80. The smallest absolute Gasteiger partial charge is 0.380 e. The molecule has 82 valence electrons. The van der Waals surface area contributed by atoms with Crippen LogP contribution in [0.3, 0.4) is 0 Å². The number of carbonyl (C=O) groups is 2. The molecule has 0 aliphatic heterocycles. The van der Waals surface area contributed by atoms with Crippen molar-refractivity contribution >= 4 is 11.8 Å². The van der Waals surface area contributed by atoms with Gasteiger partial charge >= 0.3 is 5.97 Å². The Labute approximate surface area is 94.4 Å². The van der Waals surface area contributed by atoms with Gasteiger partial charge < -0.3 is 4.74 Å². The fraction of sp³-hybridized carbons (Fsp3) is 0.231. The highest BCUT2D eigenvalue weighted by Crippen LogP contribution is 2.01. The molecule has 0 aliphatic rings. The highest BCUT2D eigenvalue weighted by atomic mass is 16.5. The first-order chi connectivity index (χ1) is 7.75. The molecule has 0 amide bonds. The largest absolute Gasteiger partial charge is 0.447 e. The Morgan fingerprint density at radius 3 is 2.50 bits per heavy atom. The van der Waals surface area contributed by atoms with Crippen molar-refractivity contribution in [3.05, 3.63) is 35.9 Å². The first-order valence-electron chi connectivity index (χ1n) is 4.98. The van der Waals surface area contributed by atoms with Gasteiger partial charge in [-0.2, -0.15) is 0 Å². The minimum atomic E-state index is -0.864. The first-order valence-corrected chi connectivity index (χ1v) is 4.98. The quantitative estimate of drug-likeness (QED) is 0.335. The molecule has 1 rings (SSSR count). The summed E-state index contributed by atoms with van der Waals surface area (Å²) in [5, 5.41) is 0. The van der Waals surface area contributed by atoms with Gasteiger partial charge in [-0.1, -0.05) is 43.2 Å². The van der Waals surface area contributed by atoms with E-state index in [0.717, 1.165) is 0 Å². The van der Waals surface area contributed by atoms with Gasteiger partial charge in [0, 0.05) is 12.0 Å². The van der Waals surface area contributed by atoms with Crippen molar-refractivity contribution in [1.29, 1.82) is 0 Å². The summed E-state index contributed by atoms with van der Waals surface area (Å²) in [4.78, 5) is 22.8. The molecule has 0 atom stereocenters. The van der Waals surface area contributed by atoms with Gasteiger partial charge in [-0.3, -0.25) is 4.79 Å². The molecule has 3 nitrogen and oxygen atoms in total. The van der Waals surface area contributed by atoms with E-state index in [1.165, 1.54) is 0 Å². The third-order valence-electron chi connectivity index (χ3n) is 1.80. The van der Waals surface area contributed by atoms with E-state index < -0.39 is 11.8 Å². The number of hydrogen-bond donors (Lipinski definition) is 0. The van der Waals surface area contributed by atoms with Crippen LogP contribution in [0.15, 0.2) is 30.3 Å². The molecule has 0 saturated heterocycles. The average molecular weight is 216 g/mol. The lowest BCUT2D eigenvalue weighted by atomic mass is 10.1. The second-order valence-electron chi connectivity index (χ2n) is 2.98. The molecule has 0 bridgehead atoms. The van der Waals surface area contributed by atoms with E-state index in [1.807, 2.05) is 6.92 Å². The second-order valence-corrected chi connectivity index (χ2v) is 2.98. The highest BCUT2D eigenvalue weighted by molar-refractivity contribution is 6.40. The highest BCUT2D eigenvalue weighted by Gasteiger charge is 2.16. The van der Waals surface area contributed by atoms with Crippen molar-refractivity contribution in [2.45, 2.75) is 13.3 Å². The van der Waals surface area contributed by atoms with Crippen LogP contribution < -0.4 is 0 Å². The molecule has 1 aromatic carbocycles. The van der Waals surface area contributed by atoms with Crippen LogP contribution >= 0.6 is 0 Å². The van der Waals surface area contributed by atoms with Crippen LogP contribution in [0.25, 0.3) is 0 Å². The van der Waals surface area contributed by atoms with Gasteiger partial charge in [0.2, 0.25) is 0 Å². The number of esters is 1. The van der Waals surface area contributed by atoms with Crippen molar-refractivity contribution in [2.75, 3.05) is 6.61 Å². The lowest BCUT2D eigenvalue weighted by Gasteiger charge is -1.99. The zero-order valence-electron chi connectivity index (χ0n) is 9.03. The molecule has 0 saturated carbocycles. The third kappa shape index (κ3) is 3.58. The Bertz CT molecular complexity index is 423. The predicted octanol–water partition coefficient (Wildman–Crippen LogP) is 1.83. The van der Waals surface area contributed by atoms with Gasteiger partial charge in [-0.05, 0) is 0 Å². The van der Waals surface area contributed by atoms with Gasteiger partial charge in [0.15, 0.2) is 6.61 Å². The summed E-state index contributed by atoms with van der Waals surface area (Å²) in [6.45, 7) is 1.86. The molecule has 0 aliphatic carbocycles. The monoisotopic (exact) mass is 216 g/mol. The predicted molar refractivity (Wildman–Crippen MR) is 59.8 cm³/mol. The number of ether oxygens (including phenoxy) is 1. The Hall–Kier alpha value is -2.08. The van der Waals surface area contributed by atoms with Crippen LogP contribution in [0, 0.1) is 11.8 Å². The summed E-state index contributed by atoms with van der Waals surface area (Å²) in [6.07, 6.45) is 0.699. The molecule has 16 heavy (non-hydrogen) atoms. The molecule has 3 heteroatoms. The van der Waals surface area contributed by atoms with E-state index in [1.54, 1.807) is 30.3 Å². The Morgan fingerprint density at radius 1 is 1.19 bits per heavy atom. The van der Waals surface area contributed by atoms with Crippen LogP contribution in [-0.4, -0.2) is 18.4 Å². The zero-order chi connectivity index (χ0) is 11.8. The van der Waals surface area contributed by atoms with Gasteiger partial charge in [-0.25, -0.2) is 4.79 Å². The number of benzene rings is 1. The summed E-state index contributed by atoms with van der Waals surface area (Å²) in [7, 11) is 0. The molecule has 0 fully saturated rings. The summed E-state index contributed by atoms with van der Waals surface area (Å²) in [6, 6.07) is 8.30. The lowest BCUT2D eigenvalue weighted by molar-refractivity contribution is -0.136. The maximum atomic E-state index is 11.5. The average Bonchev–Trinajstić information content (AvgIpc) is 2.34. The fourth-order valence-corrected chi connectivity index (χ4v) is 1.05. The molecular weight excluding hydrogens is 204 g/mol. The maximum absolute atomic E-state index is 11.5. The number of carbonyl (C=O) groups excluding carboxylic acids is 2. The minimum Gasteiger partial charge on any atom is -0.447 e. The molecule has 0 unspecified atom stereocenters. The molecule has 0 N–H and O–H groups in total. The van der Waals surface area contributed by atoms with Crippen LogP contribution in [0.2, 0.25) is 0 Å². The molecule has 1 aromatic rings. The summed E-state index contributed by atoms with van der Waals surface area (Å²) in [5.74, 6) is 3.87. The van der Waals surface area contributed by atoms with Gasteiger partial charge in [-0.15, -0.1) is 5.92 Å². The number of hydrogen-bond acceptors (Lipinski definition) is 3. The molecular formula is C13H12O3. The lowest BCUT2D eigenvalue weighted by Crippen LogP contribution is -2.17. The van der Waals surface area contributed by atoms with Crippen molar-refractivity contribution < 1.29 is 14.3 Å². The van der Waals surface area contributed by atoms with E-state index >= 15 is 0 Å². The number of ketones is 1. The molecule has 0 aromatic heterocycles. The fourth-order valence-electron chi connectivity index (χ4n) is 1.05. The van der Waals surface area contributed by atoms with Gasteiger partial charge in [0.1, 0.15) is 0 Å². The van der Waals surface area contributed by atoms with E-state index in [2.05, 4.69) is 11.8 Å². The van der Waals surface area contributed by atoms with Crippen LogP contribution in [0.4, 0.5) is 0 Å². The van der Waals surface area contributed by atoms with Crippen molar-refractivity contribution in [1.82, 2.24) is 0 Å². The first kappa shape index (κ1) is 12.0. The van der Waals surface area contributed by atoms with E-state index in [0.29, 0.717) is 12.0 Å². The molecule has 0 radical (unpaired) electrons. The van der Waals surface area contributed by atoms with Gasteiger partial charge in [0.05, 0.1) is 0 Å². The van der Waals surface area contributed by atoms with Crippen molar-refractivity contribution in [2.24, 2.45) is 0 Å². The van der Waals surface area contributed by atoms with E-state index in [9.17, 15) is 9.59 Å². The standard InChI is InChI=1S/C13H12O3/c1-2-3-7-10-16-13(15)12(14)11-8-5-4-6-9-11/h4-6,8-9H,2,10H2,1H3. The van der Waals surface area contributed by atoms with Crippen LogP contribution in [-0.2, 0) is 9.53 Å². The van der Waals surface area contributed by atoms with Crippen molar-refractivity contribution in [3.63, 3.8) is 0 Å². The Kier molecular flexibility index (Phi) is 4.81. The minimum absolute atomic E-state index is 0.0365. The van der Waals surface area contributed by atoms with E-state index in [-0.39, 0.29) is 6.61 Å². The number of Topliss-reactive ketones (excluding diaryl/α,β-unsaturated/α-hetero) is 1. The summed E-state index contributed by atoms with van der Waals surface area (Å²) < 4.78 is 4.70. The summed E-state index contributed by atoms with van der Waals surface area (Å²) >= 11 is 0. The zero-order valence-corrected chi connectivity index (χ0v) is 9.03. The molecule has 0 spiro atoms. The maximum Gasteiger partial charge on any atom is 0.380 e. The van der Waals surface area contributed by atoms with Crippen LogP contribution in [0.1, 0.15) is 23.7 Å². The summed E-state index contributed by atoms with van der Waals surface area (Å²) in [5.41, 5.74) is 0.330.